The maximum Gasteiger partial charge on any atom is 0.133 e. The third-order valence-corrected chi connectivity index (χ3v) is 2.48. The van der Waals surface area contributed by atoms with Crippen LogP contribution in [0.3, 0.4) is 0 Å². The zero-order valence-corrected chi connectivity index (χ0v) is 6.88. The molecule has 0 amide bonds. The Labute approximate surface area is 67.0 Å². The summed E-state index contributed by atoms with van der Waals surface area (Å²) in [5, 5.41) is 0. The molecule has 0 saturated heterocycles. The van der Waals surface area contributed by atoms with E-state index in [4.69, 9.17) is 0 Å². The Hall–Kier alpha value is -0.660. The molecule has 2 nitrogen and oxygen atoms in total. The van der Waals surface area contributed by atoms with Crippen molar-refractivity contribution in [2.75, 3.05) is 0 Å². The lowest BCUT2D eigenvalue weighted by atomic mass is 9.81. The van der Waals surface area contributed by atoms with Gasteiger partial charge in [-0.05, 0) is 18.8 Å². The van der Waals surface area contributed by atoms with Crippen LogP contribution in [0.4, 0.5) is 0 Å². The summed E-state index contributed by atoms with van der Waals surface area (Å²) < 4.78 is 0. The average molecular weight is 154 g/mol. The first-order valence-corrected chi connectivity index (χ1v) is 4.21. The lowest BCUT2D eigenvalue weighted by Crippen LogP contribution is -2.21. The third kappa shape index (κ3) is 2.14. The van der Waals surface area contributed by atoms with E-state index >= 15 is 0 Å². The molecular formula is C9H14O2. The van der Waals surface area contributed by atoms with Gasteiger partial charge in [0.15, 0.2) is 0 Å². The highest BCUT2D eigenvalue weighted by molar-refractivity contribution is 5.79. The summed E-state index contributed by atoms with van der Waals surface area (Å²) in [6, 6.07) is 0. The van der Waals surface area contributed by atoms with Crippen LogP contribution >= 0.6 is 0 Å². The number of ketones is 1. The number of hydrogen-bond donors (Lipinski definition) is 0. The van der Waals surface area contributed by atoms with Crippen molar-refractivity contribution < 1.29 is 9.59 Å². The van der Waals surface area contributed by atoms with Crippen LogP contribution in [0.2, 0.25) is 0 Å². The van der Waals surface area contributed by atoms with E-state index in [0.717, 1.165) is 25.5 Å². The highest BCUT2D eigenvalue weighted by atomic mass is 16.1. The summed E-state index contributed by atoms with van der Waals surface area (Å²) >= 11 is 0. The van der Waals surface area contributed by atoms with Crippen LogP contribution in [0.5, 0.6) is 0 Å². The molecule has 11 heavy (non-hydrogen) atoms. The van der Waals surface area contributed by atoms with Gasteiger partial charge in [0.1, 0.15) is 12.1 Å². The molecule has 1 saturated carbocycles. The summed E-state index contributed by atoms with van der Waals surface area (Å²) in [5.74, 6) is 0.725. The Bertz CT molecular complexity index is 163. The number of hydrogen-bond acceptors (Lipinski definition) is 2. The van der Waals surface area contributed by atoms with Crippen LogP contribution < -0.4 is 0 Å². The number of carbonyl (C=O) groups is 2. The topological polar surface area (TPSA) is 34.1 Å². The normalized spacial score (nSPS) is 28.1. The predicted octanol–water partition coefficient (Wildman–Crippen LogP) is 1.58. The molecule has 2 heteroatoms. The van der Waals surface area contributed by atoms with E-state index in [0.29, 0.717) is 18.1 Å². The quantitative estimate of drug-likeness (QED) is 0.566. The molecule has 0 aromatic rings. The monoisotopic (exact) mass is 154 g/mol. The summed E-state index contributed by atoms with van der Waals surface area (Å²) in [7, 11) is 0. The fourth-order valence-corrected chi connectivity index (χ4v) is 1.62. The Morgan fingerprint density at radius 3 is 2.91 bits per heavy atom. The van der Waals surface area contributed by atoms with Crippen LogP contribution in [0, 0.1) is 11.8 Å². The zero-order valence-electron chi connectivity index (χ0n) is 6.88. The van der Waals surface area contributed by atoms with Crippen LogP contribution in [0.25, 0.3) is 0 Å². The molecule has 2 atom stereocenters. The van der Waals surface area contributed by atoms with E-state index in [1.54, 1.807) is 0 Å². The largest absolute Gasteiger partial charge is 0.303 e. The second-order valence-corrected chi connectivity index (χ2v) is 3.39. The summed E-state index contributed by atoms with van der Waals surface area (Å²) in [6.45, 7) is 1.90. The van der Waals surface area contributed by atoms with Crippen molar-refractivity contribution in [1.82, 2.24) is 0 Å². The lowest BCUT2D eigenvalue weighted by Gasteiger charge is -2.22. The minimum absolute atomic E-state index is 0.0687. The second kappa shape index (κ2) is 3.65. The van der Waals surface area contributed by atoms with Crippen molar-refractivity contribution in [3.63, 3.8) is 0 Å². The Kier molecular flexibility index (Phi) is 2.80. The Balaban J connectivity index is 2.45. The zero-order chi connectivity index (χ0) is 8.27. The van der Waals surface area contributed by atoms with E-state index in [1.165, 1.54) is 0 Å². The summed E-state index contributed by atoms with van der Waals surface area (Å²) in [6.07, 6.45) is 4.33. The van der Waals surface area contributed by atoms with Crippen molar-refractivity contribution in [2.45, 2.75) is 32.6 Å². The minimum atomic E-state index is 0.0687. The molecule has 0 spiro atoms. The average Bonchev–Trinajstić information content (AvgIpc) is 2.03. The van der Waals surface area contributed by atoms with Crippen molar-refractivity contribution in [3.8, 4) is 0 Å². The molecule has 0 aromatic carbocycles. The summed E-state index contributed by atoms with van der Waals surface area (Å²) in [4.78, 5) is 21.4. The van der Waals surface area contributed by atoms with Gasteiger partial charge in [0.2, 0.25) is 0 Å². The van der Waals surface area contributed by atoms with Gasteiger partial charge in [-0.15, -0.1) is 0 Å². The first kappa shape index (κ1) is 8.44. The highest BCUT2D eigenvalue weighted by Crippen LogP contribution is 2.26. The third-order valence-electron chi connectivity index (χ3n) is 2.48. The minimum Gasteiger partial charge on any atom is -0.303 e. The Morgan fingerprint density at radius 1 is 1.64 bits per heavy atom. The van der Waals surface area contributed by atoms with E-state index in [9.17, 15) is 9.59 Å². The Morgan fingerprint density at radius 2 is 2.36 bits per heavy atom. The number of aldehydes is 1. The van der Waals surface area contributed by atoms with E-state index < -0.39 is 0 Å². The highest BCUT2D eigenvalue weighted by Gasteiger charge is 2.23. The second-order valence-electron chi connectivity index (χ2n) is 3.39. The van der Waals surface area contributed by atoms with Gasteiger partial charge in [-0.1, -0.05) is 6.92 Å². The van der Waals surface area contributed by atoms with Crippen LogP contribution in [-0.4, -0.2) is 12.1 Å². The molecule has 0 aliphatic heterocycles. The first-order valence-electron chi connectivity index (χ1n) is 4.21. The SMILES string of the molecule is CC(C=O)C1CCCC(=O)C1. The van der Waals surface area contributed by atoms with Gasteiger partial charge >= 0.3 is 0 Å². The molecule has 62 valence electrons. The molecule has 2 unspecified atom stereocenters. The molecule has 1 fully saturated rings. The molecule has 0 heterocycles. The van der Waals surface area contributed by atoms with Crippen molar-refractivity contribution in [3.05, 3.63) is 0 Å². The van der Waals surface area contributed by atoms with Gasteiger partial charge in [0.05, 0.1) is 0 Å². The van der Waals surface area contributed by atoms with Gasteiger partial charge < -0.3 is 4.79 Å². The molecule has 0 aromatic heterocycles. The molecule has 1 aliphatic carbocycles. The molecule has 1 rings (SSSR count). The van der Waals surface area contributed by atoms with Crippen molar-refractivity contribution in [2.24, 2.45) is 11.8 Å². The molecule has 1 aliphatic rings. The van der Waals surface area contributed by atoms with Crippen molar-refractivity contribution in [1.29, 1.82) is 0 Å². The van der Waals surface area contributed by atoms with Crippen LogP contribution in [-0.2, 0) is 9.59 Å². The maximum absolute atomic E-state index is 11.0. The fourth-order valence-electron chi connectivity index (χ4n) is 1.62. The van der Waals surface area contributed by atoms with Gasteiger partial charge in [-0.3, -0.25) is 4.79 Å². The number of Topliss-reactive ketones (excluding diaryl/α,β-unsaturated/α-hetero) is 1. The smallest absolute Gasteiger partial charge is 0.133 e. The number of rotatable bonds is 2. The van der Waals surface area contributed by atoms with E-state index in [2.05, 4.69) is 0 Å². The van der Waals surface area contributed by atoms with E-state index in [-0.39, 0.29) is 5.92 Å². The molecular weight excluding hydrogens is 140 g/mol. The molecule has 0 bridgehead atoms. The van der Waals surface area contributed by atoms with E-state index in [1.807, 2.05) is 6.92 Å². The fraction of sp³-hybridized carbons (Fsp3) is 0.778. The number of carbonyl (C=O) groups excluding carboxylic acids is 2. The standard InChI is InChI=1S/C9H14O2/c1-7(6-10)8-3-2-4-9(11)5-8/h6-8H,2-5H2,1H3. The lowest BCUT2D eigenvalue weighted by molar-refractivity contribution is -0.122. The van der Waals surface area contributed by atoms with Crippen molar-refractivity contribution >= 4 is 12.1 Å². The van der Waals surface area contributed by atoms with Gasteiger partial charge in [0, 0.05) is 18.8 Å². The molecule has 0 radical (unpaired) electrons. The van der Waals surface area contributed by atoms with Crippen LogP contribution in [0.1, 0.15) is 32.6 Å². The van der Waals surface area contributed by atoms with Crippen LogP contribution in [0.15, 0.2) is 0 Å². The van der Waals surface area contributed by atoms with Gasteiger partial charge in [-0.2, -0.15) is 0 Å². The first-order chi connectivity index (χ1) is 5.24. The predicted molar refractivity (Wildman–Crippen MR) is 42.2 cm³/mol. The van der Waals surface area contributed by atoms with Gasteiger partial charge in [0.25, 0.3) is 0 Å². The maximum atomic E-state index is 11.0. The summed E-state index contributed by atoms with van der Waals surface area (Å²) in [5.41, 5.74) is 0. The molecule has 0 N–H and O–H groups in total. The van der Waals surface area contributed by atoms with Gasteiger partial charge in [-0.25, -0.2) is 0 Å².